The third-order valence-electron chi connectivity index (χ3n) is 3.41. The van der Waals surface area contributed by atoms with Gasteiger partial charge in [-0.3, -0.25) is 4.79 Å². The topological polar surface area (TPSA) is 76.0 Å². The highest BCUT2D eigenvalue weighted by Gasteiger charge is 2.39. The van der Waals surface area contributed by atoms with Gasteiger partial charge in [0.15, 0.2) is 0 Å². The fourth-order valence-electron chi connectivity index (χ4n) is 2.05. The lowest BCUT2D eigenvalue weighted by Crippen LogP contribution is -2.34. The summed E-state index contributed by atoms with van der Waals surface area (Å²) in [6, 6.07) is 1.77. The molecule has 0 bridgehead atoms. The van der Waals surface area contributed by atoms with Crippen LogP contribution in [0.15, 0.2) is 24.0 Å². The van der Waals surface area contributed by atoms with Crippen LogP contribution in [0.1, 0.15) is 32.4 Å². The molecule has 0 saturated heterocycles. The molecule has 6 heteroatoms. The monoisotopic (exact) mass is 277 g/mol. The summed E-state index contributed by atoms with van der Waals surface area (Å²) in [6.45, 7) is 3.75. The van der Waals surface area contributed by atoms with Gasteiger partial charge in [0.25, 0.3) is 0 Å². The number of carbonyl (C=O) groups is 1. The van der Waals surface area contributed by atoms with Gasteiger partial charge in [-0.1, -0.05) is 13.8 Å². The molecule has 0 spiro atoms. The lowest BCUT2D eigenvalue weighted by molar-refractivity contribution is -0.144. The molecule has 0 atom stereocenters. The Hall–Kier alpha value is -1.82. The summed E-state index contributed by atoms with van der Waals surface area (Å²) in [6.07, 6.45) is 4.14. The van der Waals surface area contributed by atoms with E-state index in [0.29, 0.717) is 18.5 Å². The average Bonchev–Trinajstić information content (AvgIpc) is 2.92. The van der Waals surface area contributed by atoms with Gasteiger partial charge in [-0.15, -0.1) is 11.3 Å². The minimum atomic E-state index is -0.901. The van der Waals surface area contributed by atoms with Crippen LogP contribution in [-0.2, 0) is 10.2 Å². The van der Waals surface area contributed by atoms with Gasteiger partial charge < -0.3 is 5.11 Å². The fraction of sp³-hybridized carbons (Fsp3) is 0.385. The molecule has 5 nitrogen and oxygen atoms in total. The molecule has 0 fully saturated rings. The quantitative estimate of drug-likeness (QED) is 0.909. The predicted molar refractivity (Wildman–Crippen MR) is 73.0 cm³/mol. The van der Waals surface area contributed by atoms with E-state index in [2.05, 4.69) is 15.0 Å². The molecule has 2 aromatic heterocycles. The highest BCUT2D eigenvalue weighted by Crippen LogP contribution is 2.34. The number of rotatable bonds is 5. The molecule has 0 aromatic carbocycles. The van der Waals surface area contributed by atoms with Crippen molar-refractivity contribution in [1.82, 2.24) is 15.0 Å². The van der Waals surface area contributed by atoms with Crippen LogP contribution in [0.2, 0.25) is 0 Å². The molecular weight excluding hydrogens is 262 g/mol. The molecule has 2 rings (SSSR count). The van der Waals surface area contributed by atoms with Crippen molar-refractivity contribution in [3.63, 3.8) is 0 Å². The normalized spacial score (nSPS) is 11.5. The van der Waals surface area contributed by atoms with Gasteiger partial charge >= 0.3 is 5.97 Å². The molecule has 2 heterocycles. The van der Waals surface area contributed by atoms with Gasteiger partial charge in [0, 0.05) is 11.6 Å². The Morgan fingerprint density at radius 3 is 2.68 bits per heavy atom. The first-order chi connectivity index (χ1) is 9.14. The number of aromatic nitrogens is 3. The smallest absolute Gasteiger partial charge is 0.315 e. The van der Waals surface area contributed by atoms with Crippen molar-refractivity contribution >= 4 is 17.3 Å². The molecule has 100 valence electrons. The summed E-state index contributed by atoms with van der Waals surface area (Å²) >= 11 is 1.41. The maximum absolute atomic E-state index is 11.6. The van der Waals surface area contributed by atoms with E-state index in [1.54, 1.807) is 12.3 Å². The Labute approximate surface area is 115 Å². The maximum Gasteiger partial charge on any atom is 0.315 e. The molecule has 19 heavy (non-hydrogen) atoms. The number of hydrogen-bond donors (Lipinski definition) is 1. The molecule has 0 amide bonds. The minimum absolute atomic E-state index is 0.520. The van der Waals surface area contributed by atoms with Gasteiger partial charge in [0.1, 0.15) is 22.4 Å². The van der Waals surface area contributed by atoms with Gasteiger partial charge in [-0.25, -0.2) is 15.0 Å². The molecular formula is C13H15N3O2S. The Kier molecular flexibility index (Phi) is 3.90. The zero-order chi connectivity index (χ0) is 13.9. The van der Waals surface area contributed by atoms with Crippen LogP contribution < -0.4 is 0 Å². The van der Waals surface area contributed by atoms with Crippen LogP contribution >= 0.6 is 11.3 Å². The van der Waals surface area contributed by atoms with Crippen LogP contribution in [0.25, 0.3) is 10.7 Å². The van der Waals surface area contributed by atoms with Crippen molar-refractivity contribution < 1.29 is 9.90 Å². The van der Waals surface area contributed by atoms with E-state index in [-0.39, 0.29) is 0 Å². The first-order valence-electron chi connectivity index (χ1n) is 6.09. The Bertz CT molecular complexity index is 564. The number of aliphatic carboxylic acids is 1. The van der Waals surface area contributed by atoms with E-state index >= 15 is 0 Å². The second-order valence-corrected chi connectivity index (χ2v) is 5.08. The average molecular weight is 277 g/mol. The van der Waals surface area contributed by atoms with E-state index in [1.807, 2.05) is 19.2 Å². The van der Waals surface area contributed by atoms with Crippen molar-refractivity contribution in [2.24, 2.45) is 0 Å². The molecule has 0 aliphatic carbocycles. The second-order valence-electron chi connectivity index (χ2n) is 4.23. The zero-order valence-electron chi connectivity index (χ0n) is 10.8. The molecule has 0 radical (unpaired) electrons. The van der Waals surface area contributed by atoms with E-state index in [0.717, 1.165) is 10.7 Å². The van der Waals surface area contributed by atoms with Gasteiger partial charge in [-0.2, -0.15) is 0 Å². The highest BCUT2D eigenvalue weighted by atomic mass is 32.1. The lowest BCUT2D eigenvalue weighted by atomic mass is 9.80. The Morgan fingerprint density at radius 1 is 1.42 bits per heavy atom. The zero-order valence-corrected chi connectivity index (χ0v) is 11.6. The number of carboxylic acid groups (broad SMARTS) is 1. The number of thiazole rings is 1. The largest absolute Gasteiger partial charge is 0.481 e. The maximum atomic E-state index is 11.6. The molecule has 0 aliphatic heterocycles. The van der Waals surface area contributed by atoms with Crippen LogP contribution in [0.4, 0.5) is 0 Å². The summed E-state index contributed by atoms with van der Waals surface area (Å²) in [5, 5.41) is 12.0. The van der Waals surface area contributed by atoms with Gasteiger partial charge in [-0.05, 0) is 18.9 Å². The predicted octanol–water partition coefficient (Wildman–Crippen LogP) is 2.74. The van der Waals surface area contributed by atoms with Crippen molar-refractivity contribution in [2.75, 3.05) is 0 Å². The Morgan fingerprint density at radius 2 is 2.16 bits per heavy atom. The van der Waals surface area contributed by atoms with E-state index < -0.39 is 11.4 Å². The summed E-state index contributed by atoms with van der Waals surface area (Å²) in [4.78, 5) is 24.0. The highest BCUT2D eigenvalue weighted by molar-refractivity contribution is 7.13. The third kappa shape index (κ3) is 2.35. The SMILES string of the molecule is CCC(CC)(C(=O)O)c1csc(-c2ccncn2)n1. The summed E-state index contributed by atoms with van der Waals surface area (Å²) in [7, 11) is 0. The molecule has 0 aliphatic rings. The number of carboxylic acids is 1. The van der Waals surface area contributed by atoms with Crippen LogP contribution in [0, 0.1) is 0 Å². The van der Waals surface area contributed by atoms with Crippen molar-refractivity contribution in [2.45, 2.75) is 32.1 Å². The Balaban J connectivity index is 2.43. The van der Waals surface area contributed by atoms with Crippen molar-refractivity contribution in [3.8, 4) is 10.7 Å². The van der Waals surface area contributed by atoms with Crippen molar-refractivity contribution in [3.05, 3.63) is 29.7 Å². The standard InChI is InChI=1S/C13H15N3O2S/c1-3-13(4-2,12(17)18)10-7-19-11(16-10)9-5-6-14-8-15-9/h5-8H,3-4H2,1-2H3,(H,17,18). The second kappa shape index (κ2) is 5.44. The summed E-state index contributed by atoms with van der Waals surface area (Å²) in [5.41, 5.74) is 0.434. The lowest BCUT2D eigenvalue weighted by Gasteiger charge is -2.24. The van der Waals surface area contributed by atoms with E-state index in [9.17, 15) is 9.90 Å². The molecule has 0 saturated carbocycles. The van der Waals surface area contributed by atoms with E-state index in [4.69, 9.17) is 0 Å². The third-order valence-corrected chi connectivity index (χ3v) is 4.28. The molecule has 1 N–H and O–H groups in total. The number of hydrogen-bond acceptors (Lipinski definition) is 5. The minimum Gasteiger partial charge on any atom is -0.481 e. The summed E-state index contributed by atoms with van der Waals surface area (Å²) < 4.78 is 0. The van der Waals surface area contributed by atoms with Gasteiger partial charge in [0.2, 0.25) is 0 Å². The number of nitrogens with zero attached hydrogens (tertiary/aromatic N) is 3. The summed E-state index contributed by atoms with van der Waals surface area (Å²) in [5.74, 6) is -0.822. The first kappa shape index (κ1) is 13.6. The fourth-order valence-corrected chi connectivity index (χ4v) is 2.95. The molecule has 0 unspecified atom stereocenters. The van der Waals surface area contributed by atoms with Crippen LogP contribution in [0.3, 0.4) is 0 Å². The van der Waals surface area contributed by atoms with Crippen LogP contribution in [0.5, 0.6) is 0 Å². The first-order valence-corrected chi connectivity index (χ1v) is 6.97. The van der Waals surface area contributed by atoms with Crippen LogP contribution in [-0.4, -0.2) is 26.0 Å². The van der Waals surface area contributed by atoms with Gasteiger partial charge in [0.05, 0.1) is 5.69 Å². The molecule has 2 aromatic rings. The van der Waals surface area contributed by atoms with Crippen molar-refractivity contribution in [1.29, 1.82) is 0 Å². The van der Waals surface area contributed by atoms with E-state index in [1.165, 1.54) is 17.7 Å².